The first-order valence-corrected chi connectivity index (χ1v) is 42.1. The Labute approximate surface area is 636 Å². The highest BCUT2D eigenvalue weighted by Gasteiger charge is 2.66. The predicted molar refractivity (Wildman–Crippen MR) is 410 cm³/mol. The fourth-order valence-corrected chi connectivity index (χ4v) is 19.9. The molecule has 2 aromatic carbocycles. The van der Waals surface area contributed by atoms with Gasteiger partial charge in [0.2, 0.25) is 43.7 Å². The van der Waals surface area contributed by atoms with Crippen molar-refractivity contribution in [1.29, 1.82) is 0 Å². The summed E-state index contributed by atoms with van der Waals surface area (Å²) in [5.41, 5.74) is -0.490. The van der Waals surface area contributed by atoms with Gasteiger partial charge in [-0.05, 0) is 196 Å². The third-order valence-corrected chi connectivity index (χ3v) is 28.7. The highest BCUT2D eigenvalue weighted by atomic mass is 32.2. The molecule has 5 aliphatic heterocycles. The molecule has 9 aliphatic rings. The molecule has 2 spiro atoms. The van der Waals surface area contributed by atoms with Crippen LogP contribution in [0, 0.1) is 48.3 Å². The van der Waals surface area contributed by atoms with Crippen molar-refractivity contribution in [3.63, 3.8) is 0 Å². The lowest BCUT2D eigenvalue weighted by Crippen LogP contribution is -2.48. The number of esters is 2. The second kappa shape index (κ2) is 30.1. The Kier molecular flexibility index (Phi) is 22.2. The summed E-state index contributed by atoms with van der Waals surface area (Å²) in [7, 11) is -7.87. The van der Waals surface area contributed by atoms with Crippen LogP contribution in [0.25, 0.3) is 21.8 Å². The van der Waals surface area contributed by atoms with Crippen LogP contribution in [-0.2, 0) is 80.7 Å². The molecular weight excluding hydrogens is 1410 g/mol. The van der Waals surface area contributed by atoms with Crippen LogP contribution in [0.3, 0.4) is 0 Å². The number of Topliss-reactive ketones (excluding diaryl/α,β-unsaturated/α-hetero) is 2. The van der Waals surface area contributed by atoms with E-state index in [1.54, 1.807) is 71.3 Å². The summed E-state index contributed by atoms with van der Waals surface area (Å²) < 4.78 is 80.5. The minimum absolute atomic E-state index is 0.107. The molecule has 0 radical (unpaired) electrons. The van der Waals surface area contributed by atoms with Crippen LogP contribution in [0.4, 0.5) is 0 Å². The molecule has 0 unspecified atom stereocenters. The Morgan fingerprint density at radius 1 is 0.694 bits per heavy atom. The number of ketones is 2. The Morgan fingerprint density at radius 2 is 1.26 bits per heavy atom. The first-order valence-electron chi connectivity index (χ1n) is 39.1. The van der Waals surface area contributed by atoms with Gasteiger partial charge in [-0.25, -0.2) is 26.8 Å². The number of hydrogen-bond acceptors (Lipinski definition) is 18. The van der Waals surface area contributed by atoms with E-state index in [0.29, 0.717) is 88.5 Å². The summed E-state index contributed by atoms with van der Waals surface area (Å²) in [6, 6.07) is 14.0. The molecule has 584 valence electrons. The monoisotopic (exact) mass is 1520 g/mol. The quantitative estimate of drug-likeness (QED) is 0.0445. The zero-order valence-corrected chi connectivity index (χ0v) is 66.4. The minimum Gasteiger partial charge on any atom is -0.483 e. The van der Waals surface area contributed by atoms with Gasteiger partial charge in [0.05, 0.1) is 80.8 Å². The van der Waals surface area contributed by atoms with E-state index in [2.05, 4.69) is 22.6 Å². The first-order chi connectivity index (χ1) is 50.8. The van der Waals surface area contributed by atoms with E-state index in [0.717, 1.165) is 89.3 Å². The third-order valence-electron chi connectivity index (χ3n) is 24.4. The van der Waals surface area contributed by atoms with Crippen LogP contribution in [0.1, 0.15) is 232 Å². The van der Waals surface area contributed by atoms with Crippen LogP contribution in [-0.4, -0.2) is 141 Å². The van der Waals surface area contributed by atoms with Crippen molar-refractivity contribution in [2.45, 2.75) is 280 Å². The second-order valence-electron chi connectivity index (χ2n) is 35.2. The number of carbonyl (C=O) groups is 8. The Balaban J connectivity index is 0.000000202. The molecule has 7 heterocycles. The smallest absolute Gasteiger partial charge is 0.307 e. The van der Waals surface area contributed by atoms with Crippen molar-refractivity contribution >= 4 is 89.0 Å². The Bertz CT molecular complexity index is 4550. The number of carbonyl (C=O) groups excluding carboxylic acids is 8. The maximum absolute atomic E-state index is 14.8. The van der Waals surface area contributed by atoms with Gasteiger partial charge in [0.1, 0.15) is 33.9 Å². The SMILES string of the molecule is C=CCCCCC[C@H](CC(=O)OC(C)(C)C)C(=O)N1C[C@@]2(CCc3c(c(C)nc4ccccc34)O2)C[C@H]1C(=O)C[C@]1(C(=O)NS(=O)(=O)C2(C)CC2)C[C@H]1C=C.Cc1nc2ccccc2c2c1O[C@]1(CC2)C[C@H]2C(=O)C[C@]3(C(=O)NS(=O)(=O)C4(C)CC4)C[C@H]3/C=C\CCCCC[C@H](CC(=O)OC(C)(C)C)C(=O)N2C1. The summed E-state index contributed by atoms with van der Waals surface area (Å²) in [4.78, 5) is 126. The van der Waals surface area contributed by atoms with E-state index >= 15 is 0 Å². The van der Waals surface area contributed by atoms with E-state index in [4.69, 9.17) is 28.9 Å². The van der Waals surface area contributed by atoms with Crippen molar-refractivity contribution in [2.75, 3.05) is 13.1 Å². The number of aryl methyl sites for hydroxylation is 4. The molecule has 2 saturated heterocycles. The fourth-order valence-electron chi connectivity index (χ4n) is 17.2. The predicted octanol–water partition coefficient (Wildman–Crippen LogP) is 12.9. The number of pyridine rings is 2. The zero-order chi connectivity index (χ0) is 78.0. The summed E-state index contributed by atoms with van der Waals surface area (Å²) in [6.07, 6.45) is 19.4. The summed E-state index contributed by atoms with van der Waals surface area (Å²) in [5.74, 6) is -4.38. The van der Waals surface area contributed by atoms with Crippen molar-refractivity contribution in [1.82, 2.24) is 29.2 Å². The van der Waals surface area contributed by atoms with Crippen molar-refractivity contribution in [3.8, 4) is 11.5 Å². The number of allylic oxidation sites excluding steroid dienone is 4. The van der Waals surface area contributed by atoms with Gasteiger partial charge in [-0.2, -0.15) is 0 Å². The van der Waals surface area contributed by atoms with E-state index < -0.39 is 116 Å². The number of unbranched alkanes of at least 4 members (excludes halogenated alkanes) is 3. The minimum atomic E-state index is -3.95. The van der Waals surface area contributed by atoms with Gasteiger partial charge in [0, 0.05) is 59.4 Å². The Morgan fingerprint density at radius 3 is 1.81 bits per heavy atom. The topological polar surface area (TPSA) is 298 Å². The number of rotatable bonds is 21. The number of nitrogens with zero attached hydrogens (tertiary/aromatic N) is 4. The molecule has 108 heavy (non-hydrogen) atoms. The Hall–Kier alpha value is -7.86. The largest absolute Gasteiger partial charge is 0.483 e. The molecule has 2 N–H and O–H groups in total. The number of aromatic nitrogens is 2. The molecule has 4 amide bonds. The van der Waals surface area contributed by atoms with Gasteiger partial charge < -0.3 is 28.7 Å². The third kappa shape index (κ3) is 16.7. The first kappa shape index (κ1) is 79.7. The highest BCUT2D eigenvalue weighted by Crippen LogP contribution is 2.60. The normalized spacial score (nSPS) is 28.1. The lowest BCUT2D eigenvalue weighted by atomic mass is 9.85. The number of benzene rings is 2. The molecule has 0 bridgehead atoms. The molecule has 2 aromatic heterocycles. The summed E-state index contributed by atoms with van der Waals surface area (Å²) >= 11 is 0. The number of nitrogens with one attached hydrogen (secondary N) is 2. The number of ether oxygens (including phenoxy) is 4. The number of likely N-dealkylation sites (tertiary alicyclic amines) is 1. The summed E-state index contributed by atoms with van der Waals surface area (Å²) in [5, 5.41) is 2.01. The maximum atomic E-state index is 14.8. The van der Waals surface area contributed by atoms with Crippen LogP contribution >= 0.6 is 0 Å². The average molecular weight is 1520 g/mol. The van der Waals surface area contributed by atoms with Crippen molar-refractivity contribution in [3.05, 3.63) is 109 Å². The van der Waals surface area contributed by atoms with Gasteiger partial charge >= 0.3 is 11.9 Å². The highest BCUT2D eigenvalue weighted by molar-refractivity contribution is 7.92. The molecule has 13 rings (SSSR count). The van der Waals surface area contributed by atoms with E-state index in [9.17, 15) is 55.2 Å². The van der Waals surface area contributed by atoms with Crippen molar-refractivity contribution < 1.29 is 74.1 Å². The standard InChI is InChI=1S/C43H57N3O8S.C41H53N3O8S/c1-8-10-11-12-13-16-29(23-36(48)53-40(4,5)6)38(49)46-27-42(20-19-32-31-17-14-15-18-33(31)44-28(3)37(32)54-42)25-34(46)35(47)26-43(24-30(43)9-2)39(50)45-55(51,52)41(7)21-22-41;1-26-35-30(29-15-11-12-16-31(29)42-26)17-18-40(52-35)23-32-33(45)24-41(37(48)43-53(49,50)39(5)19-20-39)22-28(41)14-10-8-6-7-9-13-27(36(47)44(32)25-40)21-34(46)51-38(2,3)4/h8-9,14-15,17-18,29-30,34H,1-2,10-13,16,19-27H2,3-7H3,(H,45,50);10-12,14-16,27-28,32H,6-9,13,17-25H2,1-5H3,(H,43,48)/b;14-10-/t29-,30-,34+,42-,43-;27-,28-,32+,40-,41-/m11/s1. The van der Waals surface area contributed by atoms with Gasteiger partial charge in [0.15, 0.2) is 11.6 Å². The van der Waals surface area contributed by atoms with Crippen LogP contribution in [0.5, 0.6) is 11.5 Å². The van der Waals surface area contributed by atoms with E-state index in [1.165, 1.54) is 0 Å². The average Bonchev–Trinajstić information content (AvgIpc) is 1.55. The molecule has 4 aromatic rings. The number of amides is 4. The maximum Gasteiger partial charge on any atom is 0.307 e. The number of sulfonamides is 2. The lowest BCUT2D eigenvalue weighted by Gasteiger charge is -2.36. The zero-order valence-electron chi connectivity index (χ0n) is 64.7. The number of fused-ring (bicyclic) bond motifs is 8. The van der Waals surface area contributed by atoms with Crippen LogP contribution < -0.4 is 18.9 Å². The molecule has 4 saturated carbocycles. The number of hydrogen-bond donors (Lipinski definition) is 2. The molecule has 24 heteroatoms. The molecular formula is C84H110N6O16S2. The second-order valence-corrected chi connectivity index (χ2v) is 39.6. The fraction of sp³-hybridized carbons (Fsp3) is 0.619. The lowest BCUT2D eigenvalue weighted by molar-refractivity contribution is -0.159. The molecule has 10 atom stereocenters. The summed E-state index contributed by atoms with van der Waals surface area (Å²) in [6.45, 7) is 25.7. The van der Waals surface area contributed by atoms with Crippen molar-refractivity contribution in [2.24, 2.45) is 34.5 Å². The van der Waals surface area contributed by atoms with Crippen LogP contribution in [0.15, 0.2) is 86.0 Å². The van der Waals surface area contributed by atoms with E-state index in [-0.39, 0.29) is 87.3 Å². The van der Waals surface area contributed by atoms with E-state index in [1.807, 2.05) is 80.6 Å². The number of para-hydroxylation sites is 2. The molecule has 22 nitrogen and oxygen atoms in total. The molecule has 6 fully saturated rings. The van der Waals surface area contributed by atoms with Gasteiger partial charge in [0.25, 0.3) is 0 Å². The van der Waals surface area contributed by atoms with Gasteiger partial charge in [-0.15, -0.1) is 13.2 Å². The van der Waals surface area contributed by atoms with Crippen LogP contribution in [0.2, 0.25) is 0 Å². The molecule has 4 aliphatic carbocycles. The van der Waals surface area contributed by atoms with Gasteiger partial charge in [-0.1, -0.05) is 86.4 Å². The van der Waals surface area contributed by atoms with Gasteiger partial charge in [-0.3, -0.25) is 47.8 Å².